The van der Waals surface area contributed by atoms with E-state index in [1.165, 1.54) is 7.11 Å². The summed E-state index contributed by atoms with van der Waals surface area (Å²) in [5, 5.41) is 2.89. The minimum atomic E-state index is -0.735. The summed E-state index contributed by atoms with van der Waals surface area (Å²) in [5.41, 5.74) is 2.01. The number of thioether (sulfide) groups is 1. The largest absolute Gasteiger partial charge is 0.497 e. The predicted molar refractivity (Wildman–Crippen MR) is 114 cm³/mol. The Bertz CT molecular complexity index is 813. The SMILES string of the molecule is COC(=O)[C@H](Cc1ccccc1)NC(=O)N1CCSC[C@@H]1c1ccc(OC)cc1. The standard InChI is InChI=1S/C22H26N2O4S/c1-27-18-10-8-17(9-11-18)20-15-29-13-12-24(20)22(26)23-19(21(25)28-2)14-16-6-4-3-5-7-16/h3-11,19-20H,12-15H2,1-2H3,(H,23,26)/t19-,20+/m0/s1. The Morgan fingerprint density at radius 1 is 1.14 bits per heavy atom. The zero-order valence-corrected chi connectivity index (χ0v) is 17.5. The zero-order chi connectivity index (χ0) is 20.6. The minimum absolute atomic E-state index is 0.0605. The lowest BCUT2D eigenvalue weighted by Gasteiger charge is -2.36. The van der Waals surface area contributed by atoms with Gasteiger partial charge in [0.2, 0.25) is 0 Å². The van der Waals surface area contributed by atoms with Crippen LogP contribution >= 0.6 is 11.8 Å². The average molecular weight is 415 g/mol. The Morgan fingerprint density at radius 3 is 2.52 bits per heavy atom. The second kappa shape index (κ2) is 10.2. The smallest absolute Gasteiger partial charge is 0.328 e. The van der Waals surface area contributed by atoms with E-state index >= 15 is 0 Å². The monoisotopic (exact) mass is 414 g/mol. The van der Waals surface area contributed by atoms with E-state index in [2.05, 4.69) is 5.32 Å². The van der Waals surface area contributed by atoms with Gasteiger partial charge >= 0.3 is 12.0 Å². The Balaban J connectivity index is 1.74. The fourth-order valence-corrected chi connectivity index (χ4v) is 4.45. The van der Waals surface area contributed by atoms with E-state index in [1.54, 1.807) is 12.0 Å². The maximum atomic E-state index is 13.1. The van der Waals surface area contributed by atoms with E-state index in [0.29, 0.717) is 13.0 Å². The molecule has 1 fully saturated rings. The number of benzene rings is 2. The van der Waals surface area contributed by atoms with Crippen molar-refractivity contribution in [2.24, 2.45) is 0 Å². The third-order valence-corrected chi connectivity index (χ3v) is 5.98. The molecule has 1 saturated heterocycles. The van der Waals surface area contributed by atoms with E-state index in [1.807, 2.05) is 66.4 Å². The van der Waals surface area contributed by atoms with Crippen molar-refractivity contribution in [3.63, 3.8) is 0 Å². The minimum Gasteiger partial charge on any atom is -0.497 e. The summed E-state index contributed by atoms with van der Waals surface area (Å²) in [4.78, 5) is 27.2. The van der Waals surface area contributed by atoms with Gasteiger partial charge in [0.05, 0.1) is 20.3 Å². The van der Waals surface area contributed by atoms with Crippen LogP contribution in [0.25, 0.3) is 0 Å². The third kappa shape index (κ3) is 5.44. The van der Waals surface area contributed by atoms with Crippen LogP contribution in [0, 0.1) is 0 Å². The molecule has 29 heavy (non-hydrogen) atoms. The van der Waals surface area contributed by atoms with Gasteiger partial charge in [0.15, 0.2) is 0 Å². The topological polar surface area (TPSA) is 67.9 Å². The van der Waals surface area contributed by atoms with E-state index in [4.69, 9.17) is 9.47 Å². The number of carbonyl (C=O) groups is 2. The van der Waals surface area contributed by atoms with Gasteiger partial charge in [-0.1, -0.05) is 42.5 Å². The van der Waals surface area contributed by atoms with E-state index in [-0.39, 0.29) is 12.1 Å². The van der Waals surface area contributed by atoms with Gasteiger partial charge in [-0.2, -0.15) is 11.8 Å². The molecule has 2 aromatic rings. The van der Waals surface area contributed by atoms with Crippen molar-refractivity contribution in [2.45, 2.75) is 18.5 Å². The van der Waals surface area contributed by atoms with Crippen LogP contribution in [0.3, 0.4) is 0 Å². The molecule has 1 heterocycles. The van der Waals surface area contributed by atoms with Gasteiger partial charge in [0, 0.05) is 24.5 Å². The van der Waals surface area contributed by atoms with E-state index in [9.17, 15) is 9.59 Å². The van der Waals surface area contributed by atoms with Crippen LogP contribution < -0.4 is 10.1 Å². The molecule has 2 aromatic carbocycles. The summed E-state index contributed by atoms with van der Waals surface area (Å²) < 4.78 is 10.1. The van der Waals surface area contributed by atoms with Crippen LogP contribution in [0.2, 0.25) is 0 Å². The van der Waals surface area contributed by atoms with Crippen LogP contribution in [0.4, 0.5) is 4.79 Å². The fraction of sp³-hybridized carbons (Fsp3) is 0.364. The molecule has 0 saturated carbocycles. The first-order valence-electron chi connectivity index (χ1n) is 9.53. The number of amides is 2. The van der Waals surface area contributed by atoms with Crippen molar-refractivity contribution in [1.82, 2.24) is 10.2 Å². The Morgan fingerprint density at radius 2 is 1.86 bits per heavy atom. The van der Waals surface area contributed by atoms with Crippen LogP contribution in [0.15, 0.2) is 54.6 Å². The molecule has 0 spiro atoms. The van der Waals surface area contributed by atoms with Crippen molar-refractivity contribution >= 4 is 23.8 Å². The number of methoxy groups -OCH3 is 2. The number of urea groups is 1. The molecule has 2 atom stereocenters. The second-order valence-corrected chi connectivity index (χ2v) is 7.92. The molecule has 7 heteroatoms. The average Bonchev–Trinajstić information content (AvgIpc) is 2.78. The highest BCUT2D eigenvalue weighted by Crippen LogP contribution is 2.30. The third-order valence-electron chi connectivity index (χ3n) is 4.96. The first-order valence-corrected chi connectivity index (χ1v) is 10.7. The maximum absolute atomic E-state index is 13.1. The number of hydrogen-bond donors (Lipinski definition) is 1. The summed E-state index contributed by atoms with van der Waals surface area (Å²) in [6.07, 6.45) is 0.384. The van der Waals surface area contributed by atoms with Crippen molar-refractivity contribution in [3.05, 3.63) is 65.7 Å². The molecule has 3 rings (SSSR count). The predicted octanol–water partition coefficient (Wildman–Crippen LogP) is 3.28. The molecule has 0 aliphatic carbocycles. The zero-order valence-electron chi connectivity index (χ0n) is 16.7. The Hall–Kier alpha value is -2.67. The van der Waals surface area contributed by atoms with E-state index < -0.39 is 12.0 Å². The van der Waals surface area contributed by atoms with Gasteiger partial charge in [-0.15, -0.1) is 0 Å². The van der Waals surface area contributed by atoms with Crippen molar-refractivity contribution in [2.75, 3.05) is 32.3 Å². The second-order valence-electron chi connectivity index (χ2n) is 6.77. The first kappa shape index (κ1) is 21.0. The molecular formula is C22H26N2O4S. The van der Waals surface area contributed by atoms with Crippen LogP contribution in [0.5, 0.6) is 5.75 Å². The molecule has 6 nitrogen and oxygen atoms in total. The van der Waals surface area contributed by atoms with Crippen LogP contribution in [-0.2, 0) is 16.0 Å². The fourth-order valence-electron chi connectivity index (χ4n) is 3.37. The van der Waals surface area contributed by atoms with Gasteiger partial charge in [0.25, 0.3) is 0 Å². The van der Waals surface area contributed by atoms with Gasteiger partial charge < -0.3 is 19.7 Å². The lowest BCUT2D eigenvalue weighted by molar-refractivity contribution is -0.142. The Labute approximate surface area is 175 Å². The number of nitrogens with one attached hydrogen (secondary N) is 1. The van der Waals surface area contributed by atoms with Crippen LogP contribution in [0.1, 0.15) is 17.2 Å². The highest BCUT2D eigenvalue weighted by atomic mass is 32.2. The molecule has 2 amide bonds. The normalized spacial score (nSPS) is 17.3. The molecule has 0 bridgehead atoms. The van der Waals surface area contributed by atoms with Gasteiger partial charge in [-0.3, -0.25) is 0 Å². The maximum Gasteiger partial charge on any atom is 0.328 e. The quantitative estimate of drug-likeness (QED) is 0.735. The summed E-state index contributed by atoms with van der Waals surface area (Å²) in [6, 6.07) is 16.3. The summed E-state index contributed by atoms with van der Waals surface area (Å²) in [6.45, 7) is 0.617. The van der Waals surface area contributed by atoms with Gasteiger partial charge in [-0.25, -0.2) is 9.59 Å². The number of rotatable bonds is 6. The highest BCUT2D eigenvalue weighted by molar-refractivity contribution is 7.99. The molecule has 1 aliphatic heterocycles. The van der Waals surface area contributed by atoms with Crippen molar-refractivity contribution < 1.29 is 19.1 Å². The molecular weight excluding hydrogens is 388 g/mol. The highest BCUT2D eigenvalue weighted by Gasteiger charge is 2.31. The number of carbonyl (C=O) groups excluding carboxylic acids is 2. The number of hydrogen-bond acceptors (Lipinski definition) is 5. The lowest BCUT2D eigenvalue weighted by atomic mass is 10.1. The molecule has 1 aliphatic rings. The van der Waals surface area contributed by atoms with Gasteiger partial charge in [-0.05, 0) is 23.3 Å². The lowest BCUT2D eigenvalue weighted by Crippen LogP contribution is -2.52. The molecule has 0 radical (unpaired) electrons. The molecule has 0 unspecified atom stereocenters. The molecule has 154 valence electrons. The summed E-state index contributed by atoms with van der Waals surface area (Å²) in [7, 11) is 2.97. The van der Waals surface area contributed by atoms with Gasteiger partial charge in [0.1, 0.15) is 11.8 Å². The first-order chi connectivity index (χ1) is 14.1. The van der Waals surface area contributed by atoms with E-state index in [0.717, 1.165) is 28.4 Å². The number of ether oxygens (including phenoxy) is 2. The van der Waals surface area contributed by atoms with Crippen molar-refractivity contribution in [3.8, 4) is 5.75 Å². The number of esters is 1. The van der Waals surface area contributed by atoms with Crippen molar-refractivity contribution in [1.29, 1.82) is 0 Å². The molecule has 1 N–H and O–H groups in total. The van der Waals surface area contributed by atoms with Crippen LogP contribution in [-0.4, -0.2) is 55.2 Å². The summed E-state index contributed by atoms with van der Waals surface area (Å²) >= 11 is 1.82. The summed E-state index contributed by atoms with van der Waals surface area (Å²) in [5.74, 6) is 2.00. The molecule has 0 aromatic heterocycles. The number of nitrogens with zero attached hydrogens (tertiary/aromatic N) is 1. The Kier molecular flexibility index (Phi) is 7.41.